The van der Waals surface area contributed by atoms with Gasteiger partial charge in [-0.2, -0.15) is 4.31 Å². The van der Waals surface area contributed by atoms with E-state index in [1.807, 2.05) is 24.3 Å². The lowest BCUT2D eigenvalue weighted by Crippen LogP contribution is -2.49. The highest BCUT2D eigenvalue weighted by Crippen LogP contribution is 2.31. The molecule has 2 aromatic rings. The topological polar surface area (TPSA) is 57.7 Å². The van der Waals surface area contributed by atoms with Gasteiger partial charge in [-0.05, 0) is 42.2 Å². The highest BCUT2D eigenvalue weighted by Gasteiger charge is 2.46. The van der Waals surface area contributed by atoms with Crippen LogP contribution < -0.4 is 0 Å². The number of benzene rings is 2. The quantitative estimate of drug-likeness (QED) is 0.767. The van der Waals surface area contributed by atoms with Crippen LogP contribution in [-0.2, 0) is 27.8 Å². The van der Waals surface area contributed by atoms with Gasteiger partial charge < -0.3 is 4.90 Å². The van der Waals surface area contributed by atoms with Crippen LogP contribution >= 0.6 is 0 Å². The molecule has 1 amide bonds. The Kier molecular flexibility index (Phi) is 5.16. The Bertz CT molecular complexity index is 1060. The van der Waals surface area contributed by atoms with Gasteiger partial charge in [-0.25, -0.2) is 17.2 Å². The zero-order valence-corrected chi connectivity index (χ0v) is 16.8. The van der Waals surface area contributed by atoms with Gasteiger partial charge in [0.05, 0.1) is 4.90 Å². The molecule has 8 heteroatoms. The largest absolute Gasteiger partial charge is 0.337 e. The van der Waals surface area contributed by atoms with E-state index in [2.05, 4.69) is 0 Å². The van der Waals surface area contributed by atoms with Crippen LogP contribution in [0.2, 0.25) is 0 Å². The summed E-state index contributed by atoms with van der Waals surface area (Å²) in [6.07, 6.45) is -0.958. The Labute approximate surface area is 169 Å². The van der Waals surface area contributed by atoms with Crippen LogP contribution in [0.5, 0.6) is 0 Å². The molecule has 1 fully saturated rings. The van der Waals surface area contributed by atoms with E-state index < -0.39 is 40.5 Å². The zero-order valence-electron chi connectivity index (χ0n) is 16.0. The van der Waals surface area contributed by atoms with E-state index in [1.54, 1.807) is 4.90 Å². The summed E-state index contributed by atoms with van der Waals surface area (Å²) in [6, 6.07) is 10.2. The van der Waals surface area contributed by atoms with Gasteiger partial charge in [0.2, 0.25) is 15.9 Å². The second-order valence-corrected chi connectivity index (χ2v) is 9.50. The molecule has 0 unspecified atom stereocenters. The number of halogens is 2. The lowest BCUT2D eigenvalue weighted by Gasteiger charge is -2.33. The predicted octanol–water partition coefficient (Wildman–Crippen LogP) is 2.82. The summed E-state index contributed by atoms with van der Waals surface area (Å²) >= 11 is 0. The fraction of sp³-hybridized carbons (Fsp3) is 0.381. The van der Waals surface area contributed by atoms with Gasteiger partial charge in [-0.15, -0.1) is 0 Å². The standard InChI is InChI=1S/C21H22F2N2O3S/c1-14-6-7-18(11-19(14)23)29(27,28)25-13-17(22)10-20(25)21(26)24-9-8-15-4-2-3-5-16(15)12-24/h2-7,11,17,20H,8-10,12-13H2,1H3/t17-,20-/m0/s1. The zero-order chi connectivity index (χ0) is 20.8. The first-order valence-electron chi connectivity index (χ1n) is 9.55. The van der Waals surface area contributed by atoms with Crippen LogP contribution in [0.1, 0.15) is 23.1 Å². The molecule has 2 atom stereocenters. The van der Waals surface area contributed by atoms with Gasteiger partial charge in [0.25, 0.3) is 0 Å². The second kappa shape index (κ2) is 7.50. The summed E-state index contributed by atoms with van der Waals surface area (Å²) in [5.41, 5.74) is 2.48. The van der Waals surface area contributed by atoms with Crippen molar-refractivity contribution in [1.82, 2.24) is 9.21 Å². The third-order valence-corrected chi connectivity index (χ3v) is 7.55. The van der Waals surface area contributed by atoms with E-state index in [1.165, 1.54) is 19.1 Å². The van der Waals surface area contributed by atoms with Gasteiger partial charge >= 0.3 is 0 Å². The first kappa shape index (κ1) is 20.0. The average molecular weight is 420 g/mol. The van der Waals surface area contributed by atoms with Crippen molar-refractivity contribution in [3.8, 4) is 0 Å². The lowest BCUT2D eigenvalue weighted by atomic mass is 9.99. The highest BCUT2D eigenvalue weighted by molar-refractivity contribution is 7.89. The molecule has 0 bridgehead atoms. The summed E-state index contributed by atoms with van der Waals surface area (Å²) in [5, 5.41) is 0. The number of alkyl halides is 1. The van der Waals surface area contributed by atoms with E-state index in [4.69, 9.17) is 0 Å². The normalized spacial score (nSPS) is 22.5. The predicted molar refractivity (Wildman–Crippen MR) is 104 cm³/mol. The molecule has 2 aromatic carbocycles. The van der Waals surface area contributed by atoms with Crippen molar-refractivity contribution < 1.29 is 22.0 Å². The molecule has 0 saturated carbocycles. The molecule has 0 spiro atoms. The smallest absolute Gasteiger partial charge is 0.244 e. The first-order valence-corrected chi connectivity index (χ1v) is 11.0. The molecule has 2 aliphatic heterocycles. The number of fused-ring (bicyclic) bond motifs is 1. The van der Waals surface area contributed by atoms with Gasteiger partial charge in [-0.3, -0.25) is 4.79 Å². The number of hydrogen-bond acceptors (Lipinski definition) is 3. The number of sulfonamides is 1. The Morgan fingerprint density at radius 2 is 1.86 bits per heavy atom. The SMILES string of the molecule is Cc1ccc(S(=O)(=O)N2C[C@@H](F)C[C@H]2C(=O)N2CCc3ccccc3C2)cc1F. The molecule has 0 radical (unpaired) electrons. The molecule has 154 valence electrons. The van der Waals surface area contributed by atoms with Crippen molar-refractivity contribution in [2.24, 2.45) is 0 Å². The first-order chi connectivity index (χ1) is 13.8. The van der Waals surface area contributed by atoms with E-state index in [-0.39, 0.29) is 11.3 Å². The van der Waals surface area contributed by atoms with Crippen molar-refractivity contribution in [3.63, 3.8) is 0 Å². The maximum atomic E-state index is 14.2. The highest BCUT2D eigenvalue weighted by atomic mass is 32.2. The summed E-state index contributed by atoms with van der Waals surface area (Å²) in [6.45, 7) is 1.95. The maximum Gasteiger partial charge on any atom is 0.244 e. The Hall–Kier alpha value is -2.32. The van der Waals surface area contributed by atoms with Gasteiger partial charge in [0.15, 0.2) is 0 Å². The number of hydrogen-bond donors (Lipinski definition) is 0. The van der Waals surface area contributed by atoms with Crippen LogP contribution in [-0.4, -0.2) is 48.8 Å². The number of rotatable bonds is 3. The van der Waals surface area contributed by atoms with Crippen molar-refractivity contribution in [2.75, 3.05) is 13.1 Å². The van der Waals surface area contributed by atoms with Crippen LogP contribution in [0.25, 0.3) is 0 Å². The molecular formula is C21H22F2N2O3S. The number of aryl methyl sites for hydroxylation is 1. The molecule has 0 aromatic heterocycles. The van der Waals surface area contributed by atoms with Crippen molar-refractivity contribution in [2.45, 2.75) is 43.4 Å². The molecule has 0 aliphatic carbocycles. The molecule has 2 aliphatic rings. The molecule has 1 saturated heterocycles. The molecule has 4 rings (SSSR count). The summed E-state index contributed by atoms with van der Waals surface area (Å²) in [7, 11) is -4.20. The van der Waals surface area contributed by atoms with Crippen LogP contribution in [0.3, 0.4) is 0 Å². The molecule has 2 heterocycles. The van der Waals surface area contributed by atoms with Crippen molar-refractivity contribution >= 4 is 15.9 Å². The molecular weight excluding hydrogens is 398 g/mol. The van der Waals surface area contributed by atoms with Crippen molar-refractivity contribution in [3.05, 3.63) is 65.0 Å². The maximum absolute atomic E-state index is 14.2. The minimum Gasteiger partial charge on any atom is -0.337 e. The Morgan fingerprint density at radius 1 is 1.14 bits per heavy atom. The van der Waals surface area contributed by atoms with Gasteiger partial charge in [0, 0.05) is 26.1 Å². The van der Waals surface area contributed by atoms with Crippen LogP contribution in [0.4, 0.5) is 8.78 Å². The van der Waals surface area contributed by atoms with Crippen molar-refractivity contribution in [1.29, 1.82) is 0 Å². The minimum atomic E-state index is -4.20. The molecule has 0 N–H and O–H groups in total. The lowest BCUT2D eigenvalue weighted by molar-refractivity contribution is -0.135. The monoisotopic (exact) mass is 420 g/mol. The van der Waals surface area contributed by atoms with E-state index >= 15 is 0 Å². The number of amides is 1. The average Bonchev–Trinajstić information content (AvgIpc) is 3.11. The number of carbonyl (C=O) groups excluding carboxylic acids is 1. The minimum absolute atomic E-state index is 0.190. The van der Waals surface area contributed by atoms with E-state index in [9.17, 15) is 22.0 Å². The summed E-state index contributed by atoms with van der Waals surface area (Å²) in [4.78, 5) is 14.5. The second-order valence-electron chi connectivity index (χ2n) is 7.61. The Balaban J connectivity index is 1.61. The molecule has 5 nitrogen and oxygen atoms in total. The Morgan fingerprint density at radius 3 is 2.59 bits per heavy atom. The van der Waals surface area contributed by atoms with E-state index in [0.29, 0.717) is 25.1 Å². The fourth-order valence-corrected chi connectivity index (χ4v) is 5.64. The third kappa shape index (κ3) is 3.67. The number of carbonyl (C=O) groups is 1. The summed E-state index contributed by atoms with van der Waals surface area (Å²) in [5.74, 6) is -1.06. The third-order valence-electron chi connectivity index (χ3n) is 5.68. The summed E-state index contributed by atoms with van der Waals surface area (Å²) < 4.78 is 55.2. The molecule has 29 heavy (non-hydrogen) atoms. The van der Waals surface area contributed by atoms with Crippen LogP contribution in [0, 0.1) is 12.7 Å². The van der Waals surface area contributed by atoms with Crippen LogP contribution in [0.15, 0.2) is 47.4 Å². The van der Waals surface area contributed by atoms with Gasteiger partial charge in [0.1, 0.15) is 18.0 Å². The number of nitrogens with zero attached hydrogens (tertiary/aromatic N) is 2. The van der Waals surface area contributed by atoms with E-state index in [0.717, 1.165) is 21.5 Å². The fourth-order valence-electron chi connectivity index (χ4n) is 4.01. The van der Waals surface area contributed by atoms with Gasteiger partial charge in [-0.1, -0.05) is 30.3 Å².